The van der Waals surface area contributed by atoms with E-state index in [4.69, 9.17) is 5.73 Å². The zero-order valence-electron chi connectivity index (χ0n) is 14.1. The number of carboxylic acid groups (broad SMARTS) is 1. The Morgan fingerprint density at radius 2 is 1.88 bits per heavy atom. The van der Waals surface area contributed by atoms with Crippen molar-refractivity contribution in [2.75, 3.05) is 19.6 Å². The molecule has 1 heterocycles. The van der Waals surface area contributed by atoms with Gasteiger partial charge in [0.05, 0.1) is 5.92 Å². The first-order chi connectivity index (χ1) is 12.1. The van der Waals surface area contributed by atoms with E-state index in [0.29, 0.717) is 26.2 Å². The fraction of sp³-hybridized carbons (Fsp3) is 0.350. The number of halogens is 1. The van der Waals surface area contributed by atoms with E-state index in [0.717, 1.165) is 17.5 Å². The molecule has 5 heteroatoms. The van der Waals surface area contributed by atoms with Gasteiger partial charge in [-0.25, -0.2) is 4.39 Å². The highest BCUT2D eigenvalue weighted by Crippen LogP contribution is 2.34. The molecule has 0 aromatic heterocycles. The highest BCUT2D eigenvalue weighted by molar-refractivity contribution is 5.72. The van der Waals surface area contributed by atoms with Crippen LogP contribution >= 0.6 is 0 Å². The molecule has 1 fully saturated rings. The third-order valence-corrected chi connectivity index (χ3v) is 4.85. The van der Waals surface area contributed by atoms with E-state index in [1.807, 2.05) is 6.07 Å². The Hall–Kier alpha value is -2.24. The monoisotopic (exact) mass is 342 g/mol. The Kier molecular flexibility index (Phi) is 5.46. The third kappa shape index (κ3) is 4.24. The summed E-state index contributed by atoms with van der Waals surface area (Å²) >= 11 is 0. The van der Waals surface area contributed by atoms with Gasteiger partial charge < -0.3 is 10.8 Å². The molecule has 0 radical (unpaired) electrons. The lowest BCUT2D eigenvalue weighted by molar-refractivity contribution is -0.141. The quantitative estimate of drug-likeness (QED) is 0.847. The maximum Gasteiger partial charge on any atom is 0.308 e. The lowest BCUT2D eigenvalue weighted by Gasteiger charge is -2.16. The number of rotatable bonds is 6. The van der Waals surface area contributed by atoms with E-state index in [-0.39, 0.29) is 11.7 Å². The first-order valence-corrected chi connectivity index (χ1v) is 8.55. The lowest BCUT2D eigenvalue weighted by Crippen LogP contribution is -2.23. The zero-order chi connectivity index (χ0) is 17.8. The molecule has 0 bridgehead atoms. The Labute approximate surface area is 147 Å². The number of carboxylic acids is 1. The second kappa shape index (κ2) is 7.76. The van der Waals surface area contributed by atoms with Gasteiger partial charge in [0.1, 0.15) is 5.82 Å². The van der Waals surface area contributed by atoms with Crippen LogP contribution in [-0.4, -0.2) is 35.6 Å². The van der Waals surface area contributed by atoms with Crippen LogP contribution in [0.15, 0.2) is 48.5 Å². The molecule has 1 aliphatic rings. The van der Waals surface area contributed by atoms with Crippen LogP contribution in [-0.2, 0) is 17.8 Å². The van der Waals surface area contributed by atoms with Gasteiger partial charge in [-0.15, -0.1) is 0 Å². The molecule has 2 atom stereocenters. The van der Waals surface area contributed by atoms with Gasteiger partial charge in [-0.2, -0.15) is 0 Å². The minimum atomic E-state index is -0.824. The maximum absolute atomic E-state index is 13.5. The van der Waals surface area contributed by atoms with Gasteiger partial charge in [0.2, 0.25) is 0 Å². The number of nitrogens with two attached hydrogens (primary N) is 1. The highest BCUT2D eigenvalue weighted by Gasteiger charge is 2.38. The summed E-state index contributed by atoms with van der Waals surface area (Å²) in [5, 5.41) is 9.56. The van der Waals surface area contributed by atoms with Crippen molar-refractivity contribution in [3.05, 3.63) is 71.0 Å². The second-order valence-electron chi connectivity index (χ2n) is 6.66. The minimum Gasteiger partial charge on any atom is -0.481 e. The summed E-state index contributed by atoms with van der Waals surface area (Å²) in [5.74, 6) is -1.85. The van der Waals surface area contributed by atoms with Gasteiger partial charge in [0.25, 0.3) is 0 Å². The topological polar surface area (TPSA) is 66.6 Å². The lowest BCUT2D eigenvalue weighted by atomic mass is 9.89. The fourth-order valence-electron chi connectivity index (χ4n) is 3.58. The van der Waals surface area contributed by atoms with Crippen molar-refractivity contribution in [1.29, 1.82) is 0 Å². The van der Waals surface area contributed by atoms with E-state index in [9.17, 15) is 14.3 Å². The van der Waals surface area contributed by atoms with Crippen molar-refractivity contribution in [3.63, 3.8) is 0 Å². The van der Waals surface area contributed by atoms with Crippen molar-refractivity contribution in [2.45, 2.75) is 18.9 Å². The molecule has 1 saturated heterocycles. The Bertz CT molecular complexity index is 733. The minimum absolute atomic E-state index is 0.190. The standard InChI is InChI=1S/C20H23FN2O2/c21-17-3-1-2-16(10-17)18-12-23(13-19(18)20(24)25)11-15-6-4-14(5-7-15)8-9-22/h1-7,10,18-19H,8-9,11-13,22H2,(H,24,25)/t18-,19+/m0/s1. The van der Waals surface area contributed by atoms with Crippen LogP contribution in [0.3, 0.4) is 0 Å². The fourth-order valence-corrected chi connectivity index (χ4v) is 3.58. The van der Waals surface area contributed by atoms with E-state index in [1.54, 1.807) is 6.07 Å². The van der Waals surface area contributed by atoms with Crippen LogP contribution in [0.5, 0.6) is 0 Å². The van der Waals surface area contributed by atoms with E-state index < -0.39 is 11.9 Å². The van der Waals surface area contributed by atoms with Gasteiger partial charge >= 0.3 is 5.97 Å². The van der Waals surface area contributed by atoms with Crippen LogP contribution < -0.4 is 5.73 Å². The summed E-state index contributed by atoms with van der Waals surface area (Å²) in [6, 6.07) is 14.6. The zero-order valence-corrected chi connectivity index (χ0v) is 14.1. The van der Waals surface area contributed by atoms with Gasteiger partial charge in [0, 0.05) is 25.6 Å². The molecular weight excluding hydrogens is 319 g/mol. The molecule has 25 heavy (non-hydrogen) atoms. The molecule has 0 amide bonds. The highest BCUT2D eigenvalue weighted by atomic mass is 19.1. The molecule has 2 aromatic rings. The van der Waals surface area contributed by atoms with Crippen LogP contribution in [0.2, 0.25) is 0 Å². The van der Waals surface area contributed by atoms with Gasteiger partial charge in [-0.1, -0.05) is 36.4 Å². The predicted octanol–water partition coefficient (Wildman–Crippen LogP) is 2.63. The molecule has 0 spiro atoms. The molecular formula is C20H23FN2O2. The Balaban J connectivity index is 1.72. The number of aliphatic carboxylic acids is 1. The van der Waals surface area contributed by atoms with Gasteiger partial charge in [-0.3, -0.25) is 9.69 Å². The van der Waals surface area contributed by atoms with Crippen molar-refractivity contribution in [2.24, 2.45) is 11.7 Å². The molecule has 0 aliphatic carbocycles. The van der Waals surface area contributed by atoms with Gasteiger partial charge in [0.15, 0.2) is 0 Å². The van der Waals surface area contributed by atoms with Crippen molar-refractivity contribution < 1.29 is 14.3 Å². The summed E-state index contributed by atoms with van der Waals surface area (Å²) in [6.45, 7) is 2.41. The molecule has 3 rings (SSSR count). The van der Waals surface area contributed by atoms with Crippen LogP contribution in [0.1, 0.15) is 22.6 Å². The van der Waals surface area contributed by atoms with E-state index in [1.165, 1.54) is 17.7 Å². The molecule has 3 N–H and O–H groups in total. The van der Waals surface area contributed by atoms with Crippen LogP contribution in [0, 0.1) is 11.7 Å². The first kappa shape index (κ1) is 17.6. The first-order valence-electron chi connectivity index (χ1n) is 8.55. The molecule has 0 saturated carbocycles. The molecule has 2 aromatic carbocycles. The number of hydrogen-bond donors (Lipinski definition) is 2. The predicted molar refractivity (Wildman–Crippen MR) is 94.7 cm³/mol. The number of benzene rings is 2. The normalized spacial score (nSPS) is 20.7. The number of nitrogens with zero attached hydrogens (tertiary/aromatic N) is 1. The summed E-state index contributed by atoms with van der Waals surface area (Å²) in [7, 11) is 0. The average Bonchev–Trinajstić information content (AvgIpc) is 3.01. The maximum atomic E-state index is 13.5. The second-order valence-corrected chi connectivity index (χ2v) is 6.66. The Morgan fingerprint density at radius 3 is 2.52 bits per heavy atom. The molecule has 132 valence electrons. The summed E-state index contributed by atoms with van der Waals surface area (Å²) in [4.78, 5) is 13.8. The van der Waals surface area contributed by atoms with Crippen LogP contribution in [0.25, 0.3) is 0 Å². The van der Waals surface area contributed by atoms with E-state index in [2.05, 4.69) is 29.2 Å². The number of carbonyl (C=O) groups is 1. The smallest absolute Gasteiger partial charge is 0.308 e. The van der Waals surface area contributed by atoms with Crippen molar-refractivity contribution in [3.8, 4) is 0 Å². The summed E-state index contributed by atoms with van der Waals surface area (Å²) in [6.07, 6.45) is 0.854. The number of hydrogen-bond acceptors (Lipinski definition) is 3. The molecule has 0 unspecified atom stereocenters. The SMILES string of the molecule is NCCc1ccc(CN2C[C@@H](C(=O)O)[C@H](c3cccc(F)c3)C2)cc1. The number of likely N-dealkylation sites (tertiary alicyclic amines) is 1. The van der Waals surface area contributed by atoms with Gasteiger partial charge in [-0.05, 0) is 41.8 Å². The van der Waals surface area contributed by atoms with Crippen molar-refractivity contribution >= 4 is 5.97 Å². The summed E-state index contributed by atoms with van der Waals surface area (Å²) < 4.78 is 13.5. The largest absolute Gasteiger partial charge is 0.481 e. The summed E-state index contributed by atoms with van der Waals surface area (Å²) in [5.41, 5.74) is 8.67. The molecule has 4 nitrogen and oxygen atoms in total. The third-order valence-electron chi connectivity index (χ3n) is 4.85. The Morgan fingerprint density at radius 1 is 1.16 bits per heavy atom. The van der Waals surface area contributed by atoms with Crippen molar-refractivity contribution in [1.82, 2.24) is 4.90 Å². The van der Waals surface area contributed by atoms with Crippen LogP contribution in [0.4, 0.5) is 4.39 Å². The molecule has 1 aliphatic heterocycles. The average molecular weight is 342 g/mol. The van der Waals surface area contributed by atoms with E-state index >= 15 is 0 Å².